The number of rotatable bonds is 4. The van der Waals surface area contributed by atoms with Gasteiger partial charge in [-0.1, -0.05) is 0 Å². The Hall–Kier alpha value is -3.39. The van der Waals surface area contributed by atoms with Gasteiger partial charge in [0, 0.05) is 29.4 Å². The molecule has 8 heteroatoms. The fourth-order valence-corrected chi connectivity index (χ4v) is 4.42. The number of pyridine rings is 1. The van der Waals surface area contributed by atoms with Crippen molar-refractivity contribution in [1.29, 1.82) is 0 Å². The number of halogens is 1. The van der Waals surface area contributed by atoms with Crippen LogP contribution in [0.15, 0.2) is 48.8 Å². The number of benzene rings is 1. The van der Waals surface area contributed by atoms with Crippen LogP contribution in [0.25, 0.3) is 38.7 Å². The molecule has 0 saturated carbocycles. The van der Waals surface area contributed by atoms with Crippen LogP contribution in [0, 0.1) is 19.7 Å². The van der Waals surface area contributed by atoms with Crippen molar-refractivity contribution in [1.82, 2.24) is 29.5 Å². The van der Waals surface area contributed by atoms with E-state index in [0.717, 1.165) is 50.1 Å². The lowest BCUT2D eigenvalue weighted by atomic mass is 10.1. The molecule has 0 N–H and O–H groups in total. The minimum atomic E-state index is -0.286. The number of hydrogen-bond acceptors (Lipinski definition) is 5. The summed E-state index contributed by atoms with van der Waals surface area (Å²) in [5, 5.41) is 11.0. The van der Waals surface area contributed by atoms with Gasteiger partial charge in [-0.2, -0.15) is 10.2 Å². The smallest absolute Gasteiger partial charge is 0.164 e. The second-order valence-corrected chi connectivity index (χ2v) is 8.27. The van der Waals surface area contributed by atoms with Crippen LogP contribution in [0.4, 0.5) is 4.39 Å². The Balaban J connectivity index is 1.84. The Bertz CT molecular complexity index is 1360. The van der Waals surface area contributed by atoms with E-state index >= 15 is 0 Å². The minimum Gasteiger partial charge on any atom is -0.264 e. The van der Waals surface area contributed by atoms with Crippen molar-refractivity contribution in [2.24, 2.45) is 0 Å². The van der Waals surface area contributed by atoms with Gasteiger partial charge in [0.25, 0.3) is 0 Å². The normalized spacial score (nSPS) is 11.5. The molecule has 0 aliphatic heterocycles. The van der Waals surface area contributed by atoms with Gasteiger partial charge in [0.15, 0.2) is 5.65 Å². The molecule has 0 unspecified atom stereocenters. The summed E-state index contributed by atoms with van der Waals surface area (Å²) < 4.78 is 17.2. The van der Waals surface area contributed by atoms with E-state index < -0.39 is 0 Å². The summed E-state index contributed by atoms with van der Waals surface area (Å²) in [6.07, 6.45) is 3.66. The molecular weight excluding hydrogens is 399 g/mol. The third-order valence-corrected chi connectivity index (χ3v) is 5.96. The second-order valence-electron chi connectivity index (χ2n) is 7.04. The number of hydrogen-bond donors (Lipinski definition) is 0. The van der Waals surface area contributed by atoms with Crippen molar-refractivity contribution in [2.75, 3.05) is 0 Å². The van der Waals surface area contributed by atoms with Crippen molar-refractivity contribution >= 4 is 22.4 Å². The van der Waals surface area contributed by atoms with Crippen LogP contribution in [0.2, 0.25) is 0 Å². The summed E-state index contributed by atoms with van der Waals surface area (Å²) in [5.41, 5.74) is 5.03. The Morgan fingerprint density at radius 3 is 2.60 bits per heavy atom. The largest absolute Gasteiger partial charge is 0.264 e. The van der Waals surface area contributed by atoms with E-state index in [1.165, 1.54) is 12.1 Å². The van der Waals surface area contributed by atoms with Crippen LogP contribution in [0.1, 0.15) is 17.5 Å². The summed E-state index contributed by atoms with van der Waals surface area (Å²) in [6, 6.07) is 10.3. The van der Waals surface area contributed by atoms with E-state index in [1.807, 2.05) is 37.7 Å². The summed E-state index contributed by atoms with van der Waals surface area (Å²) in [7, 11) is 0. The van der Waals surface area contributed by atoms with Crippen molar-refractivity contribution in [2.45, 2.75) is 27.3 Å². The zero-order valence-corrected chi connectivity index (χ0v) is 17.6. The zero-order chi connectivity index (χ0) is 20.8. The van der Waals surface area contributed by atoms with Crippen molar-refractivity contribution in [3.8, 4) is 27.6 Å². The molecule has 0 amide bonds. The lowest BCUT2D eigenvalue weighted by molar-refractivity contribution is 0.627. The maximum absolute atomic E-state index is 13.5. The average molecular weight is 419 g/mol. The fourth-order valence-electron chi connectivity index (χ4n) is 3.63. The summed E-state index contributed by atoms with van der Waals surface area (Å²) in [4.78, 5) is 10.7. The highest BCUT2D eigenvalue weighted by Gasteiger charge is 2.20. The number of aromatic nitrogens is 6. The summed E-state index contributed by atoms with van der Waals surface area (Å²) >= 11 is 1.64. The molecule has 5 rings (SSSR count). The number of fused-ring (bicyclic) bond motifs is 1. The molecule has 1 aromatic carbocycles. The average Bonchev–Trinajstić information content (AvgIpc) is 3.47. The number of aryl methyl sites for hydroxylation is 3. The highest BCUT2D eigenvalue weighted by molar-refractivity contribution is 7.15. The predicted molar refractivity (Wildman–Crippen MR) is 116 cm³/mol. The third kappa shape index (κ3) is 3.00. The van der Waals surface area contributed by atoms with E-state index in [4.69, 9.17) is 10.1 Å². The van der Waals surface area contributed by atoms with Gasteiger partial charge in [-0.05, 0) is 57.2 Å². The van der Waals surface area contributed by atoms with Gasteiger partial charge in [0.05, 0.1) is 28.2 Å². The molecule has 6 nitrogen and oxygen atoms in total. The molecule has 0 atom stereocenters. The summed E-state index contributed by atoms with van der Waals surface area (Å²) in [6.45, 7) is 6.79. The Kier molecular flexibility index (Phi) is 4.43. The van der Waals surface area contributed by atoms with Gasteiger partial charge in [-0.15, -0.1) is 11.3 Å². The van der Waals surface area contributed by atoms with Gasteiger partial charge in [0.2, 0.25) is 0 Å². The van der Waals surface area contributed by atoms with E-state index in [2.05, 4.69) is 16.1 Å². The van der Waals surface area contributed by atoms with Crippen molar-refractivity contribution < 1.29 is 4.39 Å². The lowest BCUT2D eigenvalue weighted by Gasteiger charge is -2.09. The highest BCUT2D eigenvalue weighted by atomic mass is 32.1. The van der Waals surface area contributed by atoms with Crippen LogP contribution in [-0.2, 0) is 6.54 Å². The van der Waals surface area contributed by atoms with E-state index in [-0.39, 0.29) is 5.82 Å². The first-order valence-electron chi connectivity index (χ1n) is 9.66. The van der Waals surface area contributed by atoms with Crippen molar-refractivity contribution in [3.05, 3.63) is 65.2 Å². The molecule has 4 heterocycles. The predicted octanol–water partition coefficient (Wildman–Crippen LogP) is 5.18. The molecule has 0 aliphatic rings. The molecule has 0 spiro atoms. The Morgan fingerprint density at radius 1 is 1.10 bits per heavy atom. The SMILES string of the molecule is CCn1nccc1-c1cc(-c2ncc(C)s2)c2c(C)nn(-c3ccc(F)cc3)c2n1. The van der Waals surface area contributed by atoms with E-state index in [9.17, 15) is 4.39 Å². The topological polar surface area (TPSA) is 61.4 Å². The zero-order valence-electron chi connectivity index (χ0n) is 16.8. The van der Waals surface area contributed by atoms with Gasteiger partial charge < -0.3 is 0 Å². The van der Waals surface area contributed by atoms with Crippen LogP contribution in [0.5, 0.6) is 0 Å². The number of thiazole rings is 1. The molecule has 5 aromatic rings. The molecule has 30 heavy (non-hydrogen) atoms. The Morgan fingerprint density at radius 2 is 1.90 bits per heavy atom. The molecule has 0 radical (unpaired) electrons. The van der Waals surface area contributed by atoms with Gasteiger partial charge >= 0.3 is 0 Å². The minimum absolute atomic E-state index is 0.286. The molecule has 0 fully saturated rings. The molecule has 150 valence electrons. The highest BCUT2D eigenvalue weighted by Crippen LogP contribution is 2.36. The van der Waals surface area contributed by atoms with Gasteiger partial charge in [0.1, 0.15) is 10.8 Å². The quantitative estimate of drug-likeness (QED) is 0.403. The first-order valence-corrected chi connectivity index (χ1v) is 10.5. The second kappa shape index (κ2) is 7.14. The fraction of sp³-hybridized carbons (Fsp3) is 0.182. The third-order valence-electron chi connectivity index (χ3n) is 5.01. The molecule has 0 aliphatic carbocycles. The molecule has 4 aromatic heterocycles. The first-order chi connectivity index (χ1) is 14.5. The van der Waals surface area contributed by atoms with Crippen LogP contribution in [0.3, 0.4) is 0 Å². The van der Waals surface area contributed by atoms with Crippen LogP contribution >= 0.6 is 11.3 Å². The van der Waals surface area contributed by atoms with Crippen LogP contribution in [-0.4, -0.2) is 29.5 Å². The van der Waals surface area contributed by atoms with E-state index in [0.29, 0.717) is 5.65 Å². The number of nitrogens with zero attached hydrogens (tertiary/aromatic N) is 6. The molecule has 0 bridgehead atoms. The van der Waals surface area contributed by atoms with Gasteiger partial charge in [-0.25, -0.2) is 19.0 Å². The van der Waals surface area contributed by atoms with Crippen molar-refractivity contribution in [3.63, 3.8) is 0 Å². The summed E-state index contributed by atoms with van der Waals surface area (Å²) in [5.74, 6) is -0.286. The Labute approximate surface area is 176 Å². The maximum atomic E-state index is 13.5. The monoisotopic (exact) mass is 418 g/mol. The van der Waals surface area contributed by atoms with Crippen LogP contribution < -0.4 is 0 Å². The lowest BCUT2D eigenvalue weighted by Crippen LogP contribution is -2.02. The standard InChI is InChI=1S/C22H19FN6S/c1-4-28-19(9-10-25-28)18-11-17(22-24-12-13(2)30-22)20-14(3)27-29(21(20)26-18)16-7-5-15(23)6-8-16/h5-12H,4H2,1-3H3. The molecule has 0 saturated heterocycles. The maximum Gasteiger partial charge on any atom is 0.164 e. The van der Waals surface area contributed by atoms with E-state index in [1.54, 1.807) is 34.3 Å². The first kappa shape index (κ1) is 18.6. The molecular formula is C22H19FN6S. The van der Waals surface area contributed by atoms with Gasteiger partial charge in [-0.3, -0.25) is 4.68 Å².